The Labute approximate surface area is 254 Å². The molecule has 11 heteroatoms. The second kappa shape index (κ2) is 10.4. The lowest BCUT2D eigenvalue weighted by molar-refractivity contribution is -0.128. The third kappa shape index (κ3) is 4.53. The van der Waals surface area contributed by atoms with Gasteiger partial charge in [0.1, 0.15) is 11.3 Å². The zero-order chi connectivity index (χ0) is 30.0. The standard InChI is InChI=1S/C32H35ClFN7O2/c1-5-25(42)40-14-20(4)41(15-19(40)3)30-21-12-23(33)27(26-18(2)6-7-24-22(26)13-35-38-24)28(34)29(21)36-31(37-30)39-16-32(17-39)8-10-43-11-9-32/h5-7,12-13,19-20H,1,8-11,14-17H2,2-4H3,(H,35,38)/t19-,20+/m1/s1. The van der Waals surface area contributed by atoms with Crippen LogP contribution in [0.1, 0.15) is 32.3 Å². The van der Waals surface area contributed by atoms with Gasteiger partial charge in [-0.2, -0.15) is 10.1 Å². The first-order valence-corrected chi connectivity index (χ1v) is 15.2. The summed E-state index contributed by atoms with van der Waals surface area (Å²) in [6.07, 6.45) is 5.06. The molecule has 4 aromatic rings. The van der Waals surface area contributed by atoms with Gasteiger partial charge in [-0.15, -0.1) is 0 Å². The molecule has 0 radical (unpaired) electrons. The summed E-state index contributed by atoms with van der Waals surface area (Å²) in [5.74, 6) is 0.557. The number of amides is 1. The van der Waals surface area contributed by atoms with Gasteiger partial charge in [0, 0.05) is 78.8 Å². The molecule has 1 amide bonds. The lowest BCUT2D eigenvalue weighted by Crippen LogP contribution is -2.59. The molecule has 43 heavy (non-hydrogen) atoms. The van der Waals surface area contributed by atoms with Crippen LogP contribution in [-0.2, 0) is 9.53 Å². The summed E-state index contributed by atoms with van der Waals surface area (Å²) >= 11 is 6.95. The van der Waals surface area contributed by atoms with E-state index >= 15 is 4.39 Å². The Balaban J connectivity index is 1.39. The van der Waals surface area contributed by atoms with E-state index in [4.69, 9.17) is 26.3 Å². The minimum atomic E-state index is -0.480. The van der Waals surface area contributed by atoms with E-state index in [1.54, 1.807) is 12.3 Å². The SMILES string of the molecule is C=CC(=O)N1C[C@H](C)N(c2nc(N3CC4(CCOCC4)C3)nc3c(F)c(-c4c(C)ccc5[nH]ncc45)c(Cl)cc23)C[C@H]1C. The first-order chi connectivity index (χ1) is 20.7. The summed E-state index contributed by atoms with van der Waals surface area (Å²) in [5, 5.41) is 8.80. The Kier molecular flexibility index (Phi) is 6.81. The fourth-order valence-corrected chi connectivity index (χ4v) is 7.37. The van der Waals surface area contributed by atoms with Crippen LogP contribution in [0.15, 0.2) is 37.1 Å². The number of aromatic amines is 1. The van der Waals surface area contributed by atoms with E-state index in [2.05, 4.69) is 33.5 Å². The van der Waals surface area contributed by atoms with Gasteiger partial charge in [-0.1, -0.05) is 24.2 Å². The van der Waals surface area contributed by atoms with Crippen molar-refractivity contribution in [2.75, 3.05) is 49.2 Å². The maximum absolute atomic E-state index is 17.0. The van der Waals surface area contributed by atoms with Gasteiger partial charge in [0.25, 0.3) is 0 Å². The maximum Gasteiger partial charge on any atom is 0.246 e. The van der Waals surface area contributed by atoms with Crippen molar-refractivity contribution in [1.82, 2.24) is 25.1 Å². The number of benzene rings is 2. The Bertz CT molecular complexity index is 1760. The quantitative estimate of drug-likeness (QED) is 0.308. The minimum Gasteiger partial charge on any atom is -0.381 e. The first-order valence-electron chi connectivity index (χ1n) is 14.8. The average molecular weight is 604 g/mol. The molecule has 0 aliphatic carbocycles. The van der Waals surface area contributed by atoms with Crippen LogP contribution in [0.5, 0.6) is 0 Å². The molecule has 3 fully saturated rings. The lowest BCUT2D eigenvalue weighted by atomic mass is 9.73. The molecule has 2 aromatic heterocycles. The van der Waals surface area contributed by atoms with Crippen molar-refractivity contribution >= 4 is 51.1 Å². The zero-order valence-electron chi connectivity index (χ0n) is 24.7. The minimum absolute atomic E-state index is 0.0762. The highest BCUT2D eigenvalue weighted by Gasteiger charge is 2.45. The van der Waals surface area contributed by atoms with E-state index in [9.17, 15) is 4.79 Å². The number of carbonyl (C=O) groups is 1. The highest BCUT2D eigenvalue weighted by Crippen LogP contribution is 2.45. The topological polar surface area (TPSA) is 90.5 Å². The number of anilines is 2. The third-order valence-electron chi connectivity index (χ3n) is 9.54. The summed E-state index contributed by atoms with van der Waals surface area (Å²) in [5.41, 5.74) is 3.11. The number of nitrogens with one attached hydrogen (secondary N) is 1. The maximum atomic E-state index is 17.0. The molecule has 3 aliphatic rings. The van der Waals surface area contributed by atoms with Crippen LogP contribution in [0.4, 0.5) is 16.2 Å². The van der Waals surface area contributed by atoms with E-state index < -0.39 is 5.82 Å². The first kappa shape index (κ1) is 28.0. The van der Waals surface area contributed by atoms with Crippen LogP contribution in [0.25, 0.3) is 32.9 Å². The number of carbonyl (C=O) groups excluding carboxylic acids is 1. The van der Waals surface area contributed by atoms with Gasteiger partial charge in [0.05, 0.1) is 16.7 Å². The normalized spacial score (nSPS) is 21.9. The summed E-state index contributed by atoms with van der Waals surface area (Å²) in [4.78, 5) is 28.6. The molecular weight excluding hydrogens is 569 g/mol. The van der Waals surface area contributed by atoms with Crippen LogP contribution in [0, 0.1) is 18.2 Å². The largest absolute Gasteiger partial charge is 0.381 e. The monoisotopic (exact) mass is 603 g/mol. The Morgan fingerprint density at radius 3 is 2.65 bits per heavy atom. The molecule has 3 aliphatic heterocycles. The number of rotatable bonds is 4. The number of aryl methyl sites for hydroxylation is 1. The number of aromatic nitrogens is 4. The summed E-state index contributed by atoms with van der Waals surface area (Å²) < 4.78 is 22.6. The van der Waals surface area contributed by atoms with Crippen molar-refractivity contribution in [2.45, 2.75) is 45.7 Å². The number of hydrogen-bond acceptors (Lipinski definition) is 7. The molecule has 2 aromatic carbocycles. The average Bonchev–Trinajstić information content (AvgIpc) is 3.47. The second-order valence-electron chi connectivity index (χ2n) is 12.4. The van der Waals surface area contributed by atoms with Crippen LogP contribution in [0.3, 0.4) is 0 Å². The van der Waals surface area contributed by atoms with Gasteiger partial charge in [0.15, 0.2) is 5.82 Å². The van der Waals surface area contributed by atoms with Gasteiger partial charge in [0.2, 0.25) is 11.9 Å². The van der Waals surface area contributed by atoms with E-state index in [0.717, 1.165) is 55.6 Å². The van der Waals surface area contributed by atoms with Crippen LogP contribution < -0.4 is 9.80 Å². The van der Waals surface area contributed by atoms with Crippen LogP contribution in [0.2, 0.25) is 5.02 Å². The molecular formula is C32H35ClFN7O2. The lowest BCUT2D eigenvalue weighted by Gasteiger charge is -2.52. The van der Waals surface area contributed by atoms with E-state index in [-0.39, 0.29) is 33.9 Å². The number of halogens is 2. The molecule has 1 spiro atoms. The van der Waals surface area contributed by atoms with Gasteiger partial charge >= 0.3 is 0 Å². The fraction of sp³-hybridized carbons (Fsp3) is 0.438. The number of fused-ring (bicyclic) bond motifs is 2. The molecule has 224 valence electrons. The molecule has 3 saturated heterocycles. The molecule has 2 atom stereocenters. The van der Waals surface area contributed by atoms with Gasteiger partial charge in [-0.25, -0.2) is 9.37 Å². The highest BCUT2D eigenvalue weighted by atomic mass is 35.5. The second-order valence-corrected chi connectivity index (χ2v) is 12.8. The summed E-state index contributed by atoms with van der Waals surface area (Å²) in [6.45, 7) is 13.8. The van der Waals surface area contributed by atoms with Crippen molar-refractivity contribution in [2.24, 2.45) is 5.41 Å². The van der Waals surface area contributed by atoms with Crippen LogP contribution >= 0.6 is 11.6 Å². The Hall–Kier alpha value is -3.76. The smallest absolute Gasteiger partial charge is 0.246 e. The van der Waals surface area contributed by atoms with E-state index in [1.165, 1.54) is 6.08 Å². The van der Waals surface area contributed by atoms with Crippen molar-refractivity contribution in [1.29, 1.82) is 0 Å². The molecule has 0 unspecified atom stereocenters. The predicted octanol–water partition coefficient (Wildman–Crippen LogP) is 5.50. The summed E-state index contributed by atoms with van der Waals surface area (Å²) in [6, 6.07) is 5.49. The third-order valence-corrected chi connectivity index (χ3v) is 9.84. The zero-order valence-corrected chi connectivity index (χ0v) is 25.4. The number of H-pyrrole nitrogens is 1. The van der Waals surface area contributed by atoms with E-state index in [0.29, 0.717) is 41.4 Å². The molecule has 7 rings (SSSR count). The molecule has 5 heterocycles. The van der Waals surface area contributed by atoms with Gasteiger partial charge < -0.3 is 19.4 Å². The van der Waals surface area contributed by atoms with Crippen molar-refractivity contribution in [3.8, 4) is 11.1 Å². The number of piperazine rings is 1. The highest BCUT2D eigenvalue weighted by molar-refractivity contribution is 6.35. The van der Waals surface area contributed by atoms with Crippen LogP contribution in [-0.4, -0.2) is 82.4 Å². The Morgan fingerprint density at radius 2 is 1.91 bits per heavy atom. The molecule has 1 N–H and O–H groups in total. The fourth-order valence-electron chi connectivity index (χ4n) is 7.09. The number of ether oxygens (including phenoxy) is 1. The molecule has 0 bridgehead atoms. The summed E-state index contributed by atoms with van der Waals surface area (Å²) in [7, 11) is 0. The van der Waals surface area contributed by atoms with Gasteiger partial charge in [-0.3, -0.25) is 9.89 Å². The van der Waals surface area contributed by atoms with Crippen molar-refractivity contribution < 1.29 is 13.9 Å². The van der Waals surface area contributed by atoms with Gasteiger partial charge in [-0.05, 0) is 57.4 Å². The molecule has 0 saturated carbocycles. The molecule has 9 nitrogen and oxygen atoms in total. The number of hydrogen-bond donors (Lipinski definition) is 1. The van der Waals surface area contributed by atoms with Crippen molar-refractivity contribution in [3.63, 3.8) is 0 Å². The van der Waals surface area contributed by atoms with E-state index in [1.807, 2.05) is 30.9 Å². The number of nitrogens with zero attached hydrogens (tertiary/aromatic N) is 6. The Morgan fingerprint density at radius 1 is 1.14 bits per heavy atom. The predicted molar refractivity (Wildman–Crippen MR) is 167 cm³/mol. The van der Waals surface area contributed by atoms with Crippen molar-refractivity contribution in [3.05, 3.63) is 53.5 Å².